The summed E-state index contributed by atoms with van der Waals surface area (Å²) in [5.74, 6) is -0.199. The molecule has 1 aliphatic rings. The van der Waals surface area contributed by atoms with Gasteiger partial charge in [0.1, 0.15) is 5.75 Å². The van der Waals surface area contributed by atoms with Gasteiger partial charge in [-0.15, -0.1) is 0 Å². The molecule has 0 spiro atoms. The molecule has 1 aromatic heterocycles. The molecule has 17 heavy (non-hydrogen) atoms. The van der Waals surface area contributed by atoms with Crippen molar-refractivity contribution in [3.8, 4) is 11.8 Å². The predicted octanol–water partition coefficient (Wildman–Crippen LogP) is 1.38. The van der Waals surface area contributed by atoms with E-state index in [-0.39, 0.29) is 6.42 Å². The minimum absolute atomic E-state index is 0.224. The molecular formula is C12H14N2O3. The first-order chi connectivity index (χ1) is 8.19. The van der Waals surface area contributed by atoms with Crippen LogP contribution in [0.25, 0.3) is 0 Å². The number of methoxy groups -OCH3 is 1. The van der Waals surface area contributed by atoms with E-state index >= 15 is 0 Å². The first-order valence-electron chi connectivity index (χ1n) is 5.38. The molecule has 2 rings (SSSR count). The lowest BCUT2D eigenvalue weighted by Gasteiger charge is -2.24. The Balaban J connectivity index is 2.44. The van der Waals surface area contributed by atoms with E-state index in [9.17, 15) is 0 Å². The monoisotopic (exact) mass is 234 g/mol. The quantitative estimate of drug-likeness (QED) is 0.790. The van der Waals surface area contributed by atoms with Crippen LogP contribution in [0.3, 0.4) is 0 Å². The third-order valence-corrected chi connectivity index (χ3v) is 2.75. The van der Waals surface area contributed by atoms with E-state index in [1.165, 1.54) is 0 Å². The molecule has 0 saturated carbocycles. The van der Waals surface area contributed by atoms with Gasteiger partial charge in [0.05, 0.1) is 44.7 Å². The molecular weight excluding hydrogens is 220 g/mol. The summed E-state index contributed by atoms with van der Waals surface area (Å²) in [6.07, 6.45) is 1.82. The zero-order valence-corrected chi connectivity index (χ0v) is 9.90. The van der Waals surface area contributed by atoms with E-state index in [4.69, 9.17) is 19.5 Å². The third kappa shape index (κ3) is 2.23. The summed E-state index contributed by atoms with van der Waals surface area (Å²) in [5, 5.41) is 8.79. The molecule has 1 saturated heterocycles. The lowest BCUT2D eigenvalue weighted by atomic mass is 10.0. The second kappa shape index (κ2) is 4.70. The van der Waals surface area contributed by atoms with E-state index in [2.05, 4.69) is 11.1 Å². The Labute approximate surface area is 99.9 Å². The summed E-state index contributed by atoms with van der Waals surface area (Å²) >= 11 is 0. The number of hydrogen-bond donors (Lipinski definition) is 0. The van der Waals surface area contributed by atoms with Crippen LogP contribution in [-0.4, -0.2) is 25.3 Å². The summed E-state index contributed by atoms with van der Waals surface area (Å²) in [6.45, 7) is 2.91. The maximum atomic E-state index is 8.79. The third-order valence-electron chi connectivity index (χ3n) is 2.75. The van der Waals surface area contributed by atoms with Crippen LogP contribution in [0.15, 0.2) is 12.3 Å². The van der Waals surface area contributed by atoms with Crippen LogP contribution >= 0.6 is 0 Å². The average Bonchev–Trinajstić information content (AvgIpc) is 2.78. The molecule has 90 valence electrons. The number of pyridine rings is 1. The Bertz CT molecular complexity index is 448. The second-order valence-corrected chi connectivity index (χ2v) is 3.85. The van der Waals surface area contributed by atoms with Crippen LogP contribution in [-0.2, 0) is 21.7 Å². The molecule has 0 unspecified atom stereocenters. The molecule has 1 fully saturated rings. The Morgan fingerprint density at radius 3 is 2.82 bits per heavy atom. The van der Waals surface area contributed by atoms with Crippen molar-refractivity contribution in [3.63, 3.8) is 0 Å². The first kappa shape index (κ1) is 11.8. The van der Waals surface area contributed by atoms with Gasteiger partial charge in [-0.05, 0) is 13.0 Å². The smallest absolute Gasteiger partial charge is 0.194 e. The van der Waals surface area contributed by atoms with Crippen molar-refractivity contribution in [2.75, 3.05) is 20.3 Å². The minimum atomic E-state index is -0.826. The molecule has 5 nitrogen and oxygen atoms in total. The topological polar surface area (TPSA) is 64.4 Å². The number of rotatable bonds is 3. The normalized spacial score (nSPS) is 17.7. The van der Waals surface area contributed by atoms with E-state index in [0.29, 0.717) is 24.7 Å². The SMILES string of the molecule is COc1cnc(CC#N)c(C2(C)OCCO2)c1. The maximum Gasteiger partial charge on any atom is 0.194 e. The van der Waals surface area contributed by atoms with Crippen molar-refractivity contribution < 1.29 is 14.2 Å². The summed E-state index contributed by atoms with van der Waals surface area (Å²) in [6, 6.07) is 3.90. The summed E-state index contributed by atoms with van der Waals surface area (Å²) < 4.78 is 16.3. The highest BCUT2D eigenvalue weighted by atomic mass is 16.7. The molecule has 0 bridgehead atoms. The highest BCUT2D eigenvalue weighted by molar-refractivity contribution is 5.34. The molecule has 0 radical (unpaired) electrons. The summed E-state index contributed by atoms with van der Waals surface area (Å²) in [4.78, 5) is 4.22. The Kier molecular flexibility index (Phi) is 3.27. The molecule has 1 aliphatic heterocycles. The number of hydrogen-bond acceptors (Lipinski definition) is 5. The lowest BCUT2D eigenvalue weighted by Crippen LogP contribution is -2.25. The highest BCUT2D eigenvalue weighted by Gasteiger charge is 2.36. The summed E-state index contributed by atoms with van der Waals surface area (Å²) in [7, 11) is 1.57. The van der Waals surface area contributed by atoms with Crippen molar-refractivity contribution in [2.24, 2.45) is 0 Å². The molecule has 0 N–H and O–H groups in total. The second-order valence-electron chi connectivity index (χ2n) is 3.85. The molecule has 0 aromatic carbocycles. The Morgan fingerprint density at radius 2 is 2.24 bits per heavy atom. The lowest BCUT2D eigenvalue weighted by molar-refractivity contribution is -0.150. The first-order valence-corrected chi connectivity index (χ1v) is 5.38. The van der Waals surface area contributed by atoms with Gasteiger partial charge in [0.2, 0.25) is 0 Å². The van der Waals surface area contributed by atoms with Crippen molar-refractivity contribution in [2.45, 2.75) is 19.1 Å². The molecule has 0 atom stereocenters. The Hall–Kier alpha value is -1.64. The van der Waals surface area contributed by atoms with Crippen LogP contribution in [0.2, 0.25) is 0 Å². The van der Waals surface area contributed by atoms with Crippen molar-refractivity contribution in [1.82, 2.24) is 4.98 Å². The van der Waals surface area contributed by atoms with Crippen LogP contribution < -0.4 is 4.74 Å². The average molecular weight is 234 g/mol. The van der Waals surface area contributed by atoms with E-state index in [1.807, 2.05) is 13.0 Å². The largest absolute Gasteiger partial charge is 0.495 e. The molecule has 2 heterocycles. The number of nitrogens with zero attached hydrogens (tertiary/aromatic N) is 2. The van der Waals surface area contributed by atoms with Crippen molar-refractivity contribution in [3.05, 3.63) is 23.5 Å². The van der Waals surface area contributed by atoms with Gasteiger partial charge in [-0.1, -0.05) is 0 Å². The van der Waals surface area contributed by atoms with Crippen LogP contribution in [0.4, 0.5) is 0 Å². The van der Waals surface area contributed by atoms with Crippen LogP contribution in [0, 0.1) is 11.3 Å². The zero-order chi connectivity index (χ0) is 12.3. The van der Waals surface area contributed by atoms with Gasteiger partial charge in [-0.2, -0.15) is 5.26 Å². The summed E-state index contributed by atoms with van der Waals surface area (Å²) in [5.41, 5.74) is 1.42. The number of aromatic nitrogens is 1. The molecule has 0 aliphatic carbocycles. The van der Waals surface area contributed by atoms with Crippen molar-refractivity contribution in [1.29, 1.82) is 5.26 Å². The highest BCUT2D eigenvalue weighted by Crippen LogP contribution is 2.34. The van der Waals surface area contributed by atoms with E-state index in [1.54, 1.807) is 13.3 Å². The fourth-order valence-corrected chi connectivity index (χ4v) is 1.86. The minimum Gasteiger partial charge on any atom is -0.495 e. The maximum absolute atomic E-state index is 8.79. The fourth-order valence-electron chi connectivity index (χ4n) is 1.86. The predicted molar refractivity (Wildman–Crippen MR) is 59.4 cm³/mol. The zero-order valence-electron chi connectivity index (χ0n) is 9.90. The Morgan fingerprint density at radius 1 is 1.53 bits per heavy atom. The standard InChI is InChI=1S/C12H14N2O3/c1-12(16-5-6-17-12)10-7-9(15-2)8-14-11(10)3-4-13/h7-8H,3,5-6H2,1-2H3. The molecule has 0 amide bonds. The molecule has 5 heteroatoms. The van der Waals surface area contributed by atoms with Crippen LogP contribution in [0.5, 0.6) is 5.75 Å². The molecule has 1 aromatic rings. The number of nitriles is 1. The van der Waals surface area contributed by atoms with E-state index in [0.717, 1.165) is 5.56 Å². The van der Waals surface area contributed by atoms with Gasteiger partial charge < -0.3 is 14.2 Å². The van der Waals surface area contributed by atoms with Gasteiger partial charge in [0.15, 0.2) is 5.79 Å². The van der Waals surface area contributed by atoms with E-state index < -0.39 is 5.79 Å². The van der Waals surface area contributed by atoms with Crippen LogP contribution in [0.1, 0.15) is 18.2 Å². The van der Waals surface area contributed by atoms with Gasteiger partial charge in [-0.25, -0.2) is 0 Å². The van der Waals surface area contributed by atoms with Gasteiger partial charge in [0.25, 0.3) is 0 Å². The van der Waals surface area contributed by atoms with Crippen molar-refractivity contribution >= 4 is 0 Å². The number of ether oxygens (including phenoxy) is 3. The fraction of sp³-hybridized carbons (Fsp3) is 0.500. The van der Waals surface area contributed by atoms with Gasteiger partial charge >= 0.3 is 0 Å². The van der Waals surface area contributed by atoms with Gasteiger partial charge in [-0.3, -0.25) is 4.98 Å². The van der Waals surface area contributed by atoms with Gasteiger partial charge in [0, 0.05) is 5.56 Å².